The molecule has 26 heavy (non-hydrogen) atoms. The molecule has 0 aliphatic carbocycles. The van der Waals surface area contributed by atoms with Crippen LogP contribution in [0.15, 0.2) is 29.3 Å². The van der Waals surface area contributed by atoms with Crippen molar-refractivity contribution in [1.29, 1.82) is 0 Å². The molecular weight excluding hydrogens is 330 g/mol. The van der Waals surface area contributed by atoms with Crippen LogP contribution >= 0.6 is 0 Å². The van der Waals surface area contributed by atoms with Gasteiger partial charge in [0.2, 0.25) is 0 Å². The van der Waals surface area contributed by atoms with Crippen LogP contribution < -0.4 is 15.4 Å². The van der Waals surface area contributed by atoms with Crippen molar-refractivity contribution in [3.05, 3.63) is 41.2 Å². The molecule has 0 fully saturated rings. The zero-order chi connectivity index (χ0) is 18.9. The second-order valence-electron chi connectivity index (χ2n) is 6.17. The number of ether oxygens (including phenoxy) is 1. The first-order valence-electron chi connectivity index (χ1n) is 8.85. The molecule has 0 saturated carbocycles. The number of nitrogens with zero attached hydrogens (tertiary/aromatic N) is 3. The van der Waals surface area contributed by atoms with E-state index < -0.39 is 0 Å². The molecule has 0 amide bonds. The lowest BCUT2D eigenvalue weighted by atomic mass is 10.1. The second kappa shape index (κ2) is 9.70. The van der Waals surface area contributed by atoms with Crippen LogP contribution in [0.4, 0.5) is 0 Å². The maximum absolute atomic E-state index is 9.99. The molecule has 1 heterocycles. The first-order chi connectivity index (χ1) is 12.5. The molecule has 0 radical (unpaired) electrons. The summed E-state index contributed by atoms with van der Waals surface area (Å²) in [6.07, 6.45) is 1.66. The molecule has 1 aromatic carbocycles. The highest BCUT2D eigenvalue weighted by Gasteiger charge is 2.04. The molecule has 0 bridgehead atoms. The number of aryl methyl sites for hydroxylation is 3. The van der Waals surface area contributed by atoms with E-state index in [1.165, 1.54) is 5.69 Å². The highest BCUT2D eigenvalue weighted by molar-refractivity contribution is 5.79. The third-order valence-corrected chi connectivity index (χ3v) is 4.15. The van der Waals surface area contributed by atoms with Gasteiger partial charge in [-0.1, -0.05) is 6.07 Å². The Morgan fingerprint density at radius 2 is 2.00 bits per heavy atom. The number of nitrogens with one attached hydrogen (secondary N) is 2. The van der Waals surface area contributed by atoms with Gasteiger partial charge in [0.25, 0.3) is 0 Å². The van der Waals surface area contributed by atoms with Crippen LogP contribution in [0.1, 0.15) is 23.4 Å². The summed E-state index contributed by atoms with van der Waals surface area (Å²) in [5.74, 6) is 1.66. The lowest BCUT2D eigenvalue weighted by molar-refractivity contribution is 0.406. The molecule has 2 aromatic rings. The number of benzene rings is 1. The monoisotopic (exact) mass is 359 g/mol. The molecule has 7 nitrogen and oxygen atoms in total. The van der Waals surface area contributed by atoms with Crippen molar-refractivity contribution in [3.63, 3.8) is 0 Å². The molecular formula is C19H29N5O2. The third-order valence-electron chi connectivity index (χ3n) is 4.15. The average Bonchev–Trinajstić information content (AvgIpc) is 2.95. The smallest absolute Gasteiger partial charge is 0.190 e. The molecule has 3 N–H and O–H groups in total. The van der Waals surface area contributed by atoms with Crippen LogP contribution in [-0.4, -0.2) is 48.1 Å². The lowest BCUT2D eigenvalue weighted by Crippen LogP contribution is -2.39. The van der Waals surface area contributed by atoms with Gasteiger partial charge in [-0.2, -0.15) is 5.10 Å². The fraction of sp³-hybridized carbons (Fsp3) is 0.474. The molecule has 0 aliphatic rings. The van der Waals surface area contributed by atoms with E-state index in [0.29, 0.717) is 18.7 Å². The minimum atomic E-state index is 0.249. The maximum Gasteiger partial charge on any atom is 0.190 e. The van der Waals surface area contributed by atoms with Gasteiger partial charge in [0.05, 0.1) is 12.8 Å². The number of phenols is 1. The van der Waals surface area contributed by atoms with E-state index in [-0.39, 0.29) is 5.75 Å². The van der Waals surface area contributed by atoms with Gasteiger partial charge in [0, 0.05) is 38.4 Å². The molecule has 1 aromatic heterocycles. The third kappa shape index (κ3) is 5.68. The van der Waals surface area contributed by atoms with Gasteiger partial charge >= 0.3 is 0 Å². The van der Waals surface area contributed by atoms with E-state index >= 15 is 0 Å². The van der Waals surface area contributed by atoms with Crippen LogP contribution in [0.25, 0.3) is 0 Å². The molecule has 142 valence electrons. The summed E-state index contributed by atoms with van der Waals surface area (Å²) < 4.78 is 7.12. The fourth-order valence-electron chi connectivity index (χ4n) is 2.76. The Morgan fingerprint density at radius 1 is 1.23 bits per heavy atom. The number of hydrogen-bond acceptors (Lipinski definition) is 4. The summed E-state index contributed by atoms with van der Waals surface area (Å²) in [5.41, 5.74) is 3.11. The molecule has 0 aliphatic heterocycles. The molecule has 2 rings (SSSR count). The Labute approximate surface area is 155 Å². The zero-order valence-electron chi connectivity index (χ0n) is 16.0. The number of phenolic OH excluding ortho intramolecular Hbond substituents is 1. The minimum Gasteiger partial charge on any atom is -0.508 e. The van der Waals surface area contributed by atoms with Gasteiger partial charge in [0.15, 0.2) is 5.96 Å². The number of aromatic nitrogens is 2. The van der Waals surface area contributed by atoms with Crippen molar-refractivity contribution in [1.82, 2.24) is 20.4 Å². The van der Waals surface area contributed by atoms with Crippen LogP contribution in [-0.2, 0) is 13.0 Å². The van der Waals surface area contributed by atoms with Crippen molar-refractivity contribution in [3.8, 4) is 11.5 Å². The second-order valence-corrected chi connectivity index (χ2v) is 6.17. The Morgan fingerprint density at radius 3 is 2.62 bits per heavy atom. The molecule has 0 saturated heterocycles. The van der Waals surface area contributed by atoms with Gasteiger partial charge < -0.3 is 20.5 Å². The summed E-state index contributed by atoms with van der Waals surface area (Å²) >= 11 is 0. The normalized spacial score (nSPS) is 11.5. The van der Waals surface area contributed by atoms with Crippen molar-refractivity contribution < 1.29 is 9.84 Å². The Bertz CT molecular complexity index is 740. The van der Waals surface area contributed by atoms with E-state index in [4.69, 9.17) is 4.74 Å². The summed E-state index contributed by atoms with van der Waals surface area (Å²) in [4.78, 5) is 4.22. The number of guanidine groups is 1. The number of methoxy groups -OCH3 is 1. The average molecular weight is 359 g/mol. The van der Waals surface area contributed by atoms with Crippen LogP contribution in [0, 0.1) is 13.8 Å². The van der Waals surface area contributed by atoms with Gasteiger partial charge in [0.1, 0.15) is 11.5 Å². The van der Waals surface area contributed by atoms with Crippen molar-refractivity contribution in [2.45, 2.75) is 33.2 Å². The van der Waals surface area contributed by atoms with Gasteiger partial charge in [-0.3, -0.25) is 9.67 Å². The SMILES string of the molecule is CN=C(NCCCn1nc(C)cc1C)NCCc1ccc(OC)cc1O. The number of aromatic hydroxyl groups is 1. The lowest BCUT2D eigenvalue weighted by Gasteiger charge is -2.13. The van der Waals surface area contributed by atoms with Gasteiger partial charge in [-0.15, -0.1) is 0 Å². The molecule has 0 spiro atoms. The predicted octanol–water partition coefficient (Wildman–Crippen LogP) is 2.01. The van der Waals surface area contributed by atoms with Crippen LogP contribution in [0.5, 0.6) is 11.5 Å². The van der Waals surface area contributed by atoms with E-state index in [0.717, 1.165) is 36.7 Å². The quantitative estimate of drug-likeness (QED) is 0.381. The topological polar surface area (TPSA) is 83.7 Å². The first kappa shape index (κ1) is 19.6. The first-order valence-corrected chi connectivity index (χ1v) is 8.85. The summed E-state index contributed by atoms with van der Waals surface area (Å²) in [5, 5.41) is 21.0. The largest absolute Gasteiger partial charge is 0.508 e. The molecule has 0 atom stereocenters. The van der Waals surface area contributed by atoms with E-state index in [9.17, 15) is 5.11 Å². The Balaban J connectivity index is 1.70. The van der Waals surface area contributed by atoms with Crippen LogP contribution in [0.3, 0.4) is 0 Å². The van der Waals surface area contributed by atoms with Crippen molar-refractivity contribution >= 4 is 5.96 Å². The zero-order valence-corrected chi connectivity index (χ0v) is 16.0. The van der Waals surface area contributed by atoms with Crippen LogP contribution in [0.2, 0.25) is 0 Å². The van der Waals surface area contributed by atoms with E-state index in [1.54, 1.807) is 20.2 Å². The number of aliphatic imine (C=N–C) groups is 1. The molecule has 0 unspecified atom stereocenters. The molecule has 7 heteroatoms. The Kier molecular flexibility index (Phi) is 7.32. The highest BCUT2D eigenvalue weighted by Crippen LogP contribution is 2.23. The highest BCUT2D eigenvalue weighted by atomic mass is 16.5. The van der Waals surface area contributed by atoms with Crippen molar-refractivity contribution in [2.75, 3.05) is 27.2 Å². The fourth-order valence-corrected chi connectivity index (χ4v) is 2.76. The minimum absolute atomic E-state index is 0.249. The summed E-state index contributed by atoms with van der Waals surface area (Å²) in [6.45, 7) is 6.45. The summed E-state index contributed by atoms with van der Waals surface area (Å²) in [6, 6.07) is 7.44. The van der Waals surface area contributed by atoms with E-state index in [2.05, 4.69) is 33.7 Å². The standard InChI is InChI=1S/C19H29N5O2/c1-14-12-15(2)24(23-14)11-5-9-21-19(20-3)22-10-8-16-6-7-17(26-4)13-18(16)25/h6-7,12-13,25H,5,8-11H2,1-4H3,(H2,20,21,22). The predicted molar refractivity (Wildman–Crippen MR) is 104 cm³/mol. The van der Waals surface area contributed by atoms with Crippen molar-refractivity contribution in [2.24, 2.45) is 4.99 Å². The maximum atomic E-state index is 9.99. The number of hydrogen-bond donors (Lipinski definition) is 3. The van der Waals surface area contributed by atoms with Gasteiger partial charge in [-0.25, -0.2) is 0 Å². The van der Waals surface area contributed by atoms with E-state index in [1.807, 2.05) is 23.7 Å². The van der Waals surface area contributed by atoms with Gasteiger partial charge in [-0.05, 0) is 44.4 Å². The Hall–Kier alpha value is -2.70. The summed E-state index contributed by atoms with van der Waals surface area (Å²) in [7, 11) is 3.34. The number of rotatable bonds is 8.